The second-order valence-corrected chi connectivity index (χ2v) is 10.7. The van der Waals surface area contributed by atoms with Gasteiger partial charge in [-0.1, -0.05) is 19.6 Å². The Labute approximate surface area is 93.2 Å². The molecule has 0 atom stereocenters. The predicted molar refractivity (Wildman–Crippen MR) is 63.8 cm³/mol. The van der Waals surface area contributed by atoms with E-state index in [4.69, 9.17) is 4.74 Å². The van der Waals surface area contributed by atoms with E-state index < -0.39 is 8.07 Å². The Morgan fingerprint density at radius 1 is 1.20 bits per heavy atom. The van der Waals surface area contributed by atoms with Crippen molar-refractivity contribution >= 4 is 14.2 Å². The molecule has 0 radical (unpaired) electrons. The van der Waals surface area contributed by atoms with Crippen LogP contribution in [0, 0.1) is 0 Å². The minimum atomic E-state index is -1.01. The van der Waals surface area contributed by atoms with Gasteiger partial charge >= 0.3 is 6.09 Å². The van der Waals surface area contributed by atoms with Crippen LogP contribution in [0.5, 0.6) is 0 Å². The highest BCUT2D eigenvalue weighted by Crippen LogP contribution is 2.08. The highest BCUT2D eigenvalue weighted by Gasteiger charge is 2.24. The molecule has 88 valence electrons. The van der Waals surface area contributed by atoms with Gasteiger partial charge < -0.3 is 14.5 Å². The summed E-state index contributed by atoms with van der Waals surface area (Å²) in [5.74, 6) is 0. The van der Waals surface area contributed by atoms with Gasteiger partial charge in [0.05, 0.1) is 15.2 Å². The Hall–Kier alpha value is -0.553. The molecule has 1 rings (SSSR count). The molecule has 1 amide bonds. The molecule has 0 spiro atoms. The zero-order chi connectivity index (χ0) is 11.5. The molecule has 5 heteroatoms. The highest BCUT2D eigenvalue weighted by molar-refractivity contribution is 6.76. The van der Waals surface area contributed by atoms with Crippen LogP contribution in [0.3, 0.4) is 0 Å². The first-order valence-corrected chi connectivity index (χ1v) is 9.18. The van der Waals surface area contributed by atoms with Gasteiger partial charge in [0.15, 0.2) is 0 Å². The van der Waals surface area contributed by atoms with Crippen molar-refractivity contribution in [1.82, 2.24) is 9.80 Å². The molecule has 0 aromatic carbocycles. The average Bonchev–Trinajstić information content (AvgIpc) is 2.15. The average molecular weight is 230 g/mol. The van der Waals surface area contributed by atoms with Crippen LogP contribution in [0.25, 0.3) is 0 Å². The summed E-state index contributed by atoms with van der Waals surface area (Å²) in [4.78, 5) is 15.5. The standard InChI is InChI=1S/C10H22N2O2Si/c1-14-10(13)12-7-5-11(6-8-12)9-15(2,3)4/h5-9H2,1-4H3. The van der Waals surface area contributed by atoms with Crippen LogP contribution < -0.4 is 0 Å². The normalized spacial score (nSPS) is 19.1. The monoisotopic (exact) mass is 230 g/mol. The molecule has 1 fully saturated rings. The number of carbonyl (C=O) groups excluding carboxylic acids is 1. The molecular weight excluding hydrogens is 208 g/mol. The van der Waals surface area contributed by atoms with Crippen LogP contribution in [0.4, 0.5) is 4.79 Å². The molecule has 4 nitrogen and oxygen atoms in total. The van der Waals surface area contributed by atoms with Crippen LogP contribution in [0.1, 0.15) is 0 Å². The second-order valence-electron chi connectivity index (χ2n) is 5.29. The topological polar surface area (TPSA) is 32.8 Å². The molecule has 0 N–H and O–H groups in total. The molecule has 1 aliphatic rings. The number of amides is 1. The van der Waals surface area contributed by atoms with Crippen LogP contribution in [-0.2, 0) is 4.74 Å². The maximum Gasteiger partial charge on any atom is 0.409 e. The summed E-state index contributed by atoms with van der Waals surface area (Å²) in [6.07, 6.45) is 1.03. The van der Waals surface area contributed by atoms with E-state index in [-0.39, 0.29) is 6.09 Å². The lowest BCUT2D eigenvalue weighted by Crippen LogP contribution is -2.52. The number of ether oxygens (including phenoxy) is 1. The molecule has 0 bridgehead atoms. The fourth-order valence-corrected chi connectivity index (χ4v) is 3.55. The third-order valence-corrected chi connectivity index (χ3v) is 3.90. The fourth-order valence-electron chi connectivity index (χ4n) is 1.89. The quantitative estimate of drug-likeness (QED) is 0.669. The first-order valence-electron chi connectivity index (χ1n) is 5.47. The number of hydrogen-bond acceptors (Lipinski definition) is 3. The largest absolute Gasteiger partial charge is 0.453 e. The molecule has 15 heavy (non-hydrogen) atoms. The molecule has 1 saturated heterocycles. The summed E-state index contributed by atoms with van der Waals surface area (Å²) >= 11 is 0. The number of methoxy groups -OCH3 is 1. The summed E-state index contributed by atoms with van der Waals surface area (Å²) in [5.41, 5.74) is 0. The van der Waals surface area contributed by atoms with E-state index in [0.29, 0.717) is 0 Å². The summed E-state index contributed by atoms with van der Waals surface area (Å²) in [5, 5.41) is 0. The van der Waals surface area contributed by atoms with Crippen molar-refractivity contribution in [3.05, 3.63) is 0 Å². The fraction of sp³-hybridized carbons (Fsp3) is 0.900. The van der Waals surface area contributed by atoms with Crippen LogP contribution in [0.2, 0.25) is 19.6 Å². The van der Waals surface area contributed by atoms with Crippen molar-refractivity contribution in [1.29, 1.82) is 0 Å². The van der Waals surface area contributed by atoms with Crippen molar-refractivity contribution in [2.24, 2.45) is 0 Å². The van der Waals surface area contributed by atoms with E-state index in [1.165, 1.54) is 13.3 Å². The van der Waals surface area contributed by atoms with Crippen molar-refractivity contribution in [2.45, 2.75) is 19.6 Å². The van der Waals surface area contributed by atoms with Crippen molar-refractivity contribution in [2.75, 3.05) is 39.5 Å². The minimum Gasteiger partial charge on any atom is -0.453 e. The molecule has 1 aliphatic heterocycles. The van der Waals surface area contributed by atoms with Crippen molar-refractivity contribution in [3.63, 3.8) is 0 Å². The van der Waals surface area contributed by atoms with E-state index in [1.807, 2.05) is 0 Å². The SMILES string of the molecule is COC(=O)N1CCN(C[Si](C)(C)C)CC1. The summed E-state index contributed by atoms with van der Waals surface area (Å²) in [6.45, 7) is 10.7. The van der Waals surface area contributed by atoms with Crippen LogP contribution in [0.15, 0.2) is 0 Å². The Morgan fingerprint density at radius 2 is 1.73 bits per heavy atom. The van der Waals surface area contributed by atoms with Crippen LogP contribution in [-0.4, -0.2) is 63.4 Å². The summed E-state index contributed by atoms with van der Waals surface area (Å²) in [7, 11) is 0.430. The van der Waals surface area contributed by atoms with E-state index in [2.05, 4.69) is 24.5 Å². The second kappa shape index (κ2) is 4.98. The van der Waals surface area contributed by atoms with Gasteiger partial charge in [0.1, 0.15) is 0 Å². The first kappa shape index (κ1) is 12.5. The Balaban J connectivity index is 2.33. The van der Waals surface area contributed by atoms with E-state index in [9.17, 15) is 4.79 Å². The smallest absolute Gasteiger partial charge is 0.409 e. The molecule has 0 unspecified atom stereocenters. The van der Waals surface area contributed by atoms with Gasteiger partial charge in [0.2, 0.25) is 0 Å². The number of nitrogens with zero attached hydrogens (tertiary/aromatic N) is 2. The van der Waals surface area contributed by atoms with Crippen molar-refractivity contribution in [3.8, 4) is 0 Å². The predicted octanol–water partition coefficient (Wildman–Crippen LogP) is 1.25. The van der Waals surface area contributed by atoms with E-state index >= 15 is 0 Å². The lowest BCUT2D eigenvalue weighted by atomic mass is 10.3. The molecule has 0 saturated carbocycles. The molecule has 1 heterocycles. The summed E-state index contributed by atoms with van der Waals surface area (Å²) < 4.78 is 4.70. The Morgan fingerprint density at radius 3 is 2.13 bits per heavy atom. The van der Waals surface area contributed by atoms with Gasteiger partial charge in [-0.3, -0.25) is 0 Å². The zero-order valence-electron chi connectivity index (χ0n) is 10.2. The maximum atomic E-state index is 11.3. The molecular formula is C10H22N2O2Si. The first-order chi connectivity index (χ1) is 6.92. The lowest BCUT2D eigenvalue weighted by Gasteiger charge is -2.36. The molecule has 0 aromatic rings. The number of rotatable bonds is 2. The third kappa shape index (κ3) is 4.21. The van der Waals surface area contributed by atoms with Gasteiger partial charge in [-0.05, 0) is 6.17 Å². The van der Waals surface area contributed by atoms with Gasteiger partial charge in [-0.15, -0.1) is 0 Å². The lowest BCUT2D eigenvalue weighted by molar-refractivity contribution is 0.0958. The Kier molecular flexibility index (Phi) is 4.16. The van der Waals surface area contributed by atoms with Gasteiger partial charge in [-0.25, -0.2) is 4.79 Å². The number of hydrogen-bond donors (Lipinski definition) is 0. The highest BCUT2D eigenvalue weighted by atomic mass is 28.3. The zero-order valence-corrected chi connectivity index (χ0v) is 11.2. The van der Waals surface area contributed by atoms with Crippen molar-refractivity contribution < 1.29 is 9.53 Å². The van der Waals surface area contributed by atoms with Gasteiger partial charge in [0, 0.05) is 26.2 Å². The number of carbonyl (C=O) groups is 1. The third-order valence-electron chi connectivity index (χ3n) is 2.50. The molecule has 0 aromatic heterocycles. The Bertz CT molecular complexity index is 220. The minimum absolute atomic E-state index is 0.192. The van der Waals surface area contributed by atoms with E-state index in [1.54, 1.807) is 4.90 Å². The molecule has 0 aliphatic carbocycles. The maximum absolute atomic E-state index is 11.3. The number of piperazine rings is 1. The summed E-state index contributed by atoms with van der Waals surface area (Å²) in [6, 6.07) is 0. The van der Waals surface area contributed by atoms with Gasteiger partial charge in [0.25, 0.3) is 0 Å². The van der Waals surface area contributed by atoms with Crippen LogP contribution >= 0.6 is 0 Å². The van der Waals surface area contributed by atoms with E-state index in [0.717, 1.165) is 26.2 Å². The van der Waals surface area contributed by atoms with Gasteiger partial charge in [-0.2, -0.15) is 0 Å².